The van der Waals surface area contributed by atoms with Gasteiger partial charge < -0.3 is 19.4 Å². The molecule has 2 aliphatic rings. The second-order valence-electron chi connectivity index (χ2n) is 7.56. The number of fused-ring (bicyclic) bond motifs is 2. The molecule has 0 saturated carbocycles. The minimum Gasteiger partial charge on any atom is -0.494 e. The van der Waals surface area contributed by atoms with Crippen LogP contribution in [0.1, 0.15) is 50.1 Å². The van der Waals surface area contributed by atoms with Crippen LogP contribution in [-0.2, 0) is 30.7 Å². The number of thioether (sulfide) groups is 1. The first-order valence-electron chi connectivity index (χ1n) is 10.4. The summed E-state index contributed by atoms with van der Waals surface area (Å²) in [6, 6.07) is 4.04. The van der Waals surface area contributed by atoms with E-state index >= 15 is 0 Å². The average Bonchev–Trinajstić information content (AvgIpc) is 3.17. The molecule has 1 aromatic heterocycles. The first kappa shape index (κ1) is 20.1. The fourth-order valence-corrected chi connectivity index (χ4v) is 4.66. The molecule has 0 aliphatic carbocycles. The predicted octanol–water partition coefficient (Wildman–Crippen LogP) is 3.14. The van der Waals surface area contributed by atoms with E-state index in [1.165, 1.54) is 23.7 Å². The molecule has 7 nitrogen and oxygen atoms in total. The Balaban J connectivity index is 1.35. The Labute approximate surface area is 175 Å². The molecule has 4 rings (SSSR count). The molecule has 3 heterocycles. The predicted molar refractivity (Wildman–Crippen MR) is 112 cm³/mol. The molecule has 0 radical (unpaired) electrons. The molecule has 0 spiro atoms. The summed E-state index contributed by atoms with van der Waals surface area (Å²) >= 11 is 1.45. The fraction of sp³-hybridized carbons (Fsp3) is 0.571. The van der Waals surface area contributed by atoms with Gasteiger partial charge in [0.05, 0.1) is 12.4 Å². The minimum absolute atomic E-state index is 0.0294. The van der Waals surface area contributed by atoms with E-state index in [0.29, 0.717) is 18.9 Å². The second kappa shape index (κ2) is 9.07. The van der Waals surface area contributed by atoms with Crippen molar-refractivity contribution in [2.75, 3.05) is 12.4 Å². The topological polar surface area (TPSA) is 78.3 Å². The molecule has 0 saturated heterocycles. The molecule has 2 aromatic rings. The van der Waals surface area contributed by atoms with Crippen molar-refractivity contribution in [3.05, 3.63) is 29.1 Å². The van der Waals surface area contributed by atoms with Crippen molar-refractivity contribution in [2.24, 2.45) is 0 Å². The summed E-state index contributed by atoms with van der Waals surface area (Å²) in [5.41, 5.74) is 2.11. The van der Waals surface area contributed by atoms with Crippen LogP contribution >= 0.6 is 11.8 Å². The van der Waals surface area contributed by atoms with Gasteiger partial charge in [0.25, 0.3) is 0 Å². The van der Waals surface area contributed by atoms with Crippen LogP contribution in [0.25, 0.3) is 0 Å². The molecule has 0 fully saturated rings. The van der Waals surface area contributed by atoms with Gasteiger partial charge in [-0.2, -0.15) is 0 Å². The molecule has 29 heavy (non-hydrogen) atoms. The van der Waals surface area contributed by atoms with Crippen LogP contribution in [0.5, 0.6) is 11.5 Å². The van der Waals surface area contributed by atoms with Gasteiger partial charge in [0.2, 0.25) is 5.91 Å². The highest BCUT2D eigenvalue weighted by Crippen LogP contribution is 2.35. The lowest BCUT2D eigenvalue weighted by molar-refractivity contribution is -0.118. The third-order valence-corrected chi connectivity index (χ3v) is 6.23. The fourth-order valence-electron chi connectivity index (χ4n) is 3.85. The normalized spacial score (nSPS) is 17.8. The van der Waals surface area contributed by atoms with Gasteiger partial charge in [-0.05, 0) is 38.8 Å². The maximum Gasteiger partial charge on any atom is 0.230 e. The van der Waals surface area contributed by atoms with Crippen molar-refractivity contribution in [3.8, 4) is 11.5 Å². The third-order valence-electron chi connectivity index (χ3n) is 5.26. The average molecular weight is 417 g/mol. The van der Waals surface area contributed by atoms with Crippen LogP contribution < -0.4 is 14.8 Å². The Hall–Kier alpha value is -2.22. The zero-order chi connectivity index (χ0) is 20.2. The van der Waals surface area contributed by atoms with Crippen LogP contribution in [0.15, 0.2) is 17.3 Å². The summed E-state index contributed by atoms with van der Waals surface area (Å²) in [5, 5.41) is 12.4. The summed E-state index contributed by atoms with van der Waals surface area (Å²) in [7, 11) is 0. The maximum absolute atomic E-state index is 12.4. The summed E-state index contributed by atoms with van der Waals surface area (Å²) in [6.45, 7) is 5.97. The van der Waals surface area contributed by atoms with E-state index in [4.69, 9.17) is 9.47 Å². The maximum atomic E-state index is 12.4. The van der Waals surface area contributed by atoms with E-state index in [-0.39, 0.29) is 12.0 Å². The number of rotatable bonds is 7. The number of nitrogens with one attached hydrogen (secondary N) is 1. The van der Waals surface area contributed by atoms with Gasteiger partial charge in [-0.25, -0.2) is 0 Å². The zero-order valence-electron chi connectivity index (χ0n) is 17.1. The number of hydrogen-bond acceptors (Lipinski definition) is 6. The summed E-state index contributed by atoms with van der Waals surface area (Å²) in [5.74, 6) is 3.04. The lowest BCUT2D eigenvalue weighted by atomic mass is 10.1. The van der Waals surface area contributed by atoms with Crippen LogP contribution in [0.2, 0.25) is 0 Å². The third kappa shape index (κ3) is 4.69. The second-order valence-corrected chi connectivity index (χ2v) is 8.50. The van der Waals surface area contributed by atoms with Crippen molar-refractivity contribution in [1.82, 2.24) is 20.1 Å². The lowest BCUT2D eigenvalue weighted by Gasteiger charge is -2.13. The van der Waals surface area contributed by atoms with Crippen LogP contribution in [0.4, 0.5) is 0 Å². The first-order chi connectivity index (χ1) is 14.1. The van der Waals surface area contributed by atoms with E-state index in [9.17, 15) is 4.79 Å². The zero-order valence-corrected chi connectivity index (χ0v) is 17.9. The molecular weight excluding hydrogens is 388 g/mol. The quantitative estimate of drug-likeness (QED) is 0.699. The first-order valence-corrected chi connectivity index (χ1v) is 11.4. The smallest absolute Gasteiger partial charge is 0.230 e. The van der Waals surface area contributed by atoms with E-state index < -0.39 is 0 Å². The molecule has 1 amide bonds. The highest BCUT2D eigenvalue weighted by atomic mass is 32.2. The standard InChI is InChI=1S/C21H28N4O3S/c1-3-27-17-10-15-9-14(2)28-18(15)11-16(17)12-22-20(26)13-29-21-24-23-19-7-5-4-6-8-25(19)21/h10-11,14H,3-9,12-13H2,1-2H3,(H,22,26)/t14-/m1/s1. The Morgan fingerprint density at radius 3 is 3.10 bits per heavy atom. The van der Waals surface area contributed by atoms with Gasteiger partial charge in [-0.1, -0.05) is 18.2 Å². The molecule has 0 bridgehead atoms. The van der Waals surface area contributed by atoms with Crippen molar-refractivity contribution in [3.63, 3.8) is 0 Å². The van der Waals surface area contributed by atoms with E-state index in [1.54, 1.807) is 0 Å². The number of aromatic nitrogens is 3. The Kier molecular flexibility index (Phi) is 6.28. The molecule has 1 atom stereocenters. The number of ether oxygens (including phenoxy) is 2. The largest absolute Gasteiger partial charge is 0.494 e. The lowest BCUT2D eigenvalue weighted by Crippen LogP contribution is -2.25. The van der Waals surface area contributed by atoms with Crippen LogP contribution in [0.3, 0.4) is 0 Å². The number of carbonyl (C=O) groups excluding carboxylic acids is 1. The van der Waals surface area contributed by atoms with Gasteiger partial charge >= 0.3 is 0 Å². The van der Waals surface area contributed by atoms with Gasteiger partial charge in [-0.15, -0.1) is 10.2 Å². The van der Waals surface area contributed by atoms with Gasteiger partial charge in [-0.3, -0.25) is 4.79 Å². The summed E-state index contributed by atoms with van der Waals surface area (Å²) in [4.78, 5) is 12.4. The van der Waals surface area contributed by atoms with E-state index in [2.05, 4.69) is 27.0 Å². The van der Waals surface area contributed by atoms with E-state index in [0.717, 1.165) is 60.3 Å². The summed E-state index contributed by atoms with van der Waals surface area (Å²) < 4.78 is 13.8. The highest BCUT2D eigenvalue weighted by molar-refractivity contribution is 7.99. The van der Waals surface area contributed by atoms with Crippen LogP contribution in [-0.4, -0.2) is 39.1 Å². The molecule has 1 N–H and O–H groups in total. The Morgan fingerprint density at radius 1 is 1.34 bits per heavy atom. The van der Waals surface area contributed by atoms with Gasteiger partial charge in [0.1, 0.15) is 23.4 Å². The molecule has 156 valence electrons. The molecular formula is C21H28N4O3S. The SMILES string of the molecule is CCOc1cc2c(cc1CNC(=O)CSc1nnc3n1CCCCC3)O[C@H](C)C2. The van der Waals surface area contributed by atoms with Gasteiger partial charge in [0, 0.05) is 37.1 Å². The number of carbonyl (C=O) groups is 1. The highest BCUT2D eigenvalue weighted by Gasteiger charge is 2.22. The van der Waals surface area contributed by atoms with Crippen LogP contribution in [0, 0.1) is 0 Å². The van der Waals surface area contributed by atoms with Gasteiger partial charge in [0.15, 0.2) is 5.16 Å². The number of nitrogens with zero attached hydrogens (tertiary/aromatic N) is 3. The monoisotopic (exact) mass is 416 g/mol. The summed E-state index contributed by atoms with van der Waals surface area (Å²) in [6.07, 6.45) is 5.57. The Morgan fingerprint density at radius 2 is 2.24 bits per heavy atom. The molecule has 2 aliphatic heterocycles. The number of benzene rings is 1. The number of hydrogen-bond donors (Lipinski definition) is 1. The molecule has 0 unspecified atom stereocenters. The minimum atomic E-state index is -0.0294. The van der Waals surface area contributed by atoms with Crippen molar-refractivity contribution < 1.29 is 14.3 Å². The molecule has 1 aromatic carbocycles. The number of aryl methyl sites for hydroxylation is 1. The van der Waals surface area contributed by atoms with Crippen molar-refractivity contribution in [1.29, 1.82) is 0 Å². The molecule has 8 heteroatoms. The number of amides is 1. The Bertz CT molecular complexity index is 883. The van der Waals surface area contributed by atoms with Crippen molar-refractivity contribution in [2.45, 2.75) is 70.3 Å². The van der Waals surface area contributed by atoms with Crippen molar-refractivity contribution >= 4 is 17.7 Å². The van der Waals surface area contributed by atoms with E-state index in [1.807, 2.05) is 19.1 Å².